The van der Waals surface area contributed by atoms with Gasteiger partial charge >= 0.3 is 0 Å². The molecule has 0 aromatic carbocycles. The highest BCUT2D eigenvalue weighted by atomic mass is 16.5. The lowest BCUT2D eigenvalue weighted by atomic mass is 9.92. The number of carbonyl (C=O) groups is 2. The zero-order valence-corrected chi connectivity index (χ0v) is 12.4. The minimum atomic E-state index is -0.602. The van der Waals surface area contributed by atoms with Crippen LogP contribution in [0.1, 0.15) is 46.0 Å². The van der Waals surface area contributed by atoms with Crippen molar-refractivity contribution in [2.45, 2.75) is 46.0 Å². The van der Waals surface area contributed by atoms with E-state index in [2.05, 4.69) is 6.92 Å². The number of carbonyl (C=O) groups excluding carboxylic acids is 2. The second-order valence-electron chi connectivity index (χ2n) is 4.83. The van der Waals surface area contributed by atoms with Crippen molar-refractivity contribution in [1.29, 1.82) is 0 Å². The molecule has 1 rings (SSSR count). The predicted octanol–water partition coefficient (Wildman–Crippen LogP) is 3.40. The molecular formula is C16H22O4. The van der Waals surface area contributed by atoms with Gasteiger partial charge in [-0.2, -0.15) is 0 Å². The molecular weight excluding hydrogens is 256 g/mol. The summed E-state index contributed by atoms with van der Waals surface area (Å²) in [6.07, 6.45) is 9.05. The van der Waals surface area contributed by atoms with Gasteiger partial charge in [0.25, 0.3) is 0 Å². The van der Waals surface area contributed by atoms with E-state index < -0.39 is 17.3 Å². The quantitative estimate of drug-likeness (QED) is 0.572. The summed E-state index contributed by atoms with van der Waals surface area (Å²) in [5.74, 6) is -1.86. The fraction of sp³-hybridized carbons (Fsp3) is 0.500. The van der Waals surface area contributed by atoms with Crippen molar-refractivity contribution in [3.05, 3.63) is 34.8 Å². The van der Waals surface area contributed by atoms with Gasteiger partial charge in [-0.1, -0.05) is 38.3 Å². The second kappa shape index (κ2) is 7.68. The number of rotatable bonds is 7. The zero-order valence-electron chi connectivity index (χ0n) is 12.4. The first-order chi connectivity index (χ1) is 9.54. The molecule has 20 heavy (non-hydrogen) atoms. The molecule has 0 heterocycles. The molecule has 0 atom stereocenters. The SMILES string of the molecule is CCCCCCC=CC1=C(C)C(=O)C(O)=C(OC)C1=O. The van der Waals surface area contributed by atoms with Gasteiger partial charge in [0.05, 0.1) is 7.11 Å². The number of hydrogen-bond acceptors (Lipinski definition) is 4. The number of allylic oxidation sites excluding steroid dienone is 4. The minimum absolute atomic E-state index is 0.262. The number of methoxy groups -OCH3 is 1. The Bertz CT molecular complexity index is 481. The summed E-state index contributed by atoms with van der Waals surface area (Å²) in [5, 5.41) is 9.59. The number of Topliss-reactive ketones (excluding diaryl/α,β-unsaturated/α-hetero) is 2. The van der Waals surface area contributed by atoms with E-state index in [0.29, 0.717) is 5.57 Å². The molecule has 4 nitrogen and oxygen atoms in total. The molecule has 1 N–H and O–H groups in total. The Hall–Kier alpha value is -1.84. The van der Waals surface area contributed by atoms with Gasteiger partial charge in [-0.25, -0.2) is 0 Å². The second-order valence-corrected chi connectivity index (χ2v) is 4.83. The lowest BCUT2D eigenvalue weighted by Gasteiger charge is -2.16. The van der Waals surface area contributed by atoms with Crippen LogP contribution in [0.25, 0.3) is 0 Å². The molecule has 0 saturated heterocycles. The average Bonchev–Trinajstić information content (AvgIpc) is 2.44. The molecule has 0 aromatic heterocycles. The number of aliphatic hydroxyl groups is 1. The number of aliphatic hydroxyl groups excluding tert-OH is 1. The molecule has 0 fully saturated rings. The zero-order chi connectivity index (χ0) is 15.1. The fourth-order valence-electron chi connectivity index (χ4n) is 2.08. The van der Waals surface area contributed by atoms with Crippen LogP contribution in [-0.4, -0.2) is 23.8 Å². The fourth-order valence-corrected chi connectivity index (χ4v) is 2.08. The molecule has 0 bridgehead atoms. The summed E-state index contributed by atoms with van der Waals surface area (Å²) < 4.78 is 4.82. The Morgan fingerprint density at radius 3 is 2.45 bits per heavy atom. The summed E-state index contributed by atoms with van der Waals surface area (Å²) >= 11 is 0. The maximum Gasteiger partial charge on any atom is 0.231 e. The molecule has 0 saturated carbocycles. The maximum absolute atomic E-state index is 12.1. The summed E-state index contributed by atoms with van der Waals surface area (Å²) in [7, 11) is 1.27. The third-order valence-corrected chi connectivity index (χ3v) is 3.34. The number of ketones is 2. The van der Waals surface area contributed by atoms with Crippen molar-refractivity contribution < 1.29 is 19.4 Å². The maximum atomic E-state index is 12.1. The van der Waals surface area contributed by atoms with E-state index >= 15 is 0 Å². The van der Waals surface area contributed by atoms with Crippen molar-refractivity contribution >= 4 is 11.6 Å². The van der Waals surface area contributed by atoms with Crippen molar-refractivity contribution in [3.63, 3.8) is 0 Å². The summed E-state index contributed by atoms with van der Waals surface area (Å²) in [6.45, 7) is 3.70. The Balaban J connectivity index is 2.76. The summed E-state index contributed by atoms with van der Waals surface area (Å²) in [5.41, 5.74) is 0.568. The summed E-state index contributed by atoms with van der Waals surface area (Å²) in [6, 6.07) is 0. The first-order valence-electron chi connectivity index (χ1n) is 6.98. The number of ether oxygens (including phenoxy) is 1. The van der Waals surface area contributed by atoms with Crippen LogP contribution in [0.2, 0.25) is 0 Å². The predicted molar refractivity (Wildman–Crippen MR) is 77.3 cm³/mol. The van der Waals surface area contributed by atoms with E-state index in [9.17, 15) is 14.7 Å². The molecule has 1 aliphatic carbocycles. The smallest absolute Gasteiger partial charge is 0.231 e. The first kappa shape index (κ1) is 16.2. The van der Waals surface area contributed by atoms with E-state index in [-0.39, 0.29) is 11.3 Å². The monoisotopic (exact) mass is 278 g/mol. The van der Waals surface area contributed by atoms with Crippen molar-refractivity contribution in [1.82, 2.24) is 0 Å². The van der Waals surface area contributed by atoms with E-state index in [0.717, 1.165) is 19.3 Å². The molecule has 0 aliphatic heterocycles. The van der Waals surface area contributed by atoms with Crippen molar-refractivity contribution in [2.75, 3.05) is 7.11 Å². The van der Waals surface area contributed by atoms with Crippen LogP contribution in [0.3, 0.4) is 0 Å². The van der Waals surface area contributed by atoms with Crippen LogP contribution in [0.4, 0.5) is 0 Å². The van der Waals surface area contributed by atoms with Gasteiger partial charge in [-0.15, -0.1) is 0 Å². The minimum Gasteiger partial charge on any atom is -0.501 e. The van der Waals surface area contributed by atoms with Crippen LogP contribution in [0.15, 0.2) is 34.8 Å². The van der Waals surface area contributed by atoms with Gasteiger partial charge < -0.3 is 9.84 Å². The Morgan fingerprint density at radius 1 is 1.15 bits per heavy atom. The Morgan fingerprint density at radius 2 is 1.85 bits per heavy atom. The highest BCUT2D eigenvalue weighted by Gasteiger charge is 2.32. The average molecular weight is 278 g/mol. The largest absolute Gasteiger partial charge is 0.501 e. The van der Waals surface area contributed by atoms with Gasteiger partial charge in [0.2, 0.25) is 23.1 Å². The van der Waals surface area contributed by atoms with Gasteiger partial charge in [0.15, 0.2) is 0 Å². The molecule has 110 valence electrons. The van der Waals surface area contributed by atoms with Crippen LogP contribution >= 0.6 is 0 Å². The standard InChI is InChI=1S/C16H22O4/c1-4-5-6-7-8-9-10-12-11(2)13(17)15(19)16(20-3)14(12)18/h9-10,19H,4-8H2,1-3H3. The molecule has 0 spiro atoms. The third kappa shape index (κ3) is 3.59. The number of hydrogen-bond donors (Lipinski definition) is 1. The van der Waals surface area contributed by atoms with Crippen LogP contribution in [0.5, 0.6) is 0 Å². The highest BCUT2D eigenvalue weighted by Crippen LogP contribution is 2.24. The number of unbranched alkanes of at least 4 members (excludes halogenated alkanes) is 4. The summed E-state index contributed by atoms with van der Waals surface area (Å²) in [4.78, 5) is 23.9. The molecule has 0 unspecified atom stereocenters. The van der Waals surface area contributed by atoms with E-state index in [1.807, 2.05) is 6.08 Å². The van der Waals surface area contributed by atoms with Gasteiger partial charge in [0.1, 0.15) is 0 Å². The van der Waals surface area contributed by atoms with Crippen LogP contribution in [-0.2, 0) is 14.3 Å². The van der Waals surface area contributed by atoms with Crippen molar-refractivity contribution in [3.8, 4) is 0 Å². The lowest BCUT2D eigenvalue weighted by Crippen LogP contribution is -2.23. The highest BCUT2D eigenvalue weighted by molar-refractivity contribution is 6.24. The van der Waals surface area contributed by atoms with Crippen LogP contribution < -0.4 is 0 Å². The lowest BCUT2D eigenvalue weighted by molar-refractivity contribution is -0.120. The Labute approximate surface area is 119 Å². The molecule has 0 radical (unpaired) electrons. The third-order valence-electron chi connectivity index (χ3n) is 3.34. The Kier molecular flexibility index (Phi) is 6.22. The van der Waals surface area contributed by atoms with E-state index in [4.69, 9.17) is 4.74 Å². The normalized spacial score (nSPS) is 16.6. The van der Waals surface area contributed by atoms with Crippen molar-refractivity contribution in [2.24, 2.45) is 0 Å². The first-order valence-corrected chi connectivity index (χ1v) is 6.98. The topological polar surface area (TPSA) is 63.6 Å². The molecule has 1 aliphatic rings. The van der Waals surface area contributed by atoms with Crippen LogP contribution in [0, 0.1) is 0 Å². The molecule has 0 amide bonds. The van der Waals surface area contributed by atoms with Gasteiger partial charge in [-0.05, 0) is 19.8 Å². The van der Waals surface area contributed by atoms with Gasteiger partial charge in [-0.3, -0.25) is 9.59 Å². The van der Waals surface area contributed by atoms with E-state index in [1.165, 1.54) is 20.0 Å². The molecule has 0 aromatic rings. The van der Waals surface area contributed by atoms with E-state index in [1.54, 1.807) is 13.0 Å². The molecule has 4 heteroatoms. The van der Waals surface area contributed by atoms with Gasteiger partial charge in [0, 0.05) is 11.1 Å².